The van der Waals surface area contributed by atoms with Crippen LogP contribution in [0.25, 0.3) is 0 Å². The first kappa shape index (κ1) is 28.9. The molecule has 0 saturated carbocycles. The summed E-state index contributed by atoms with van der Waals surface area (Å²) in [4.78, 5) is 67.2. The predicted molar refractivity (Wildman–Crippen MR) is 124 cm³/mol. The van der Waals surface area contributed by atoms with Crippen molar-refractivity contribution in [2.45, 2.75) is 57.3 Å². The number of aromatic amines is 1. The lowest BCUT2D eigenvalue weighted by atomic mass is 10.0. The highest BCUT2D eigenvalue weighted by molar-refractivity contribution is 7.98. The number of aromatic nitrogens is 2. The molecule has 4 atom stereocenters. The van der Waals surface area contributed by atoms with Crippen LogP contribution in [0.3, 0.4) is 0 Å². The van der Waals surface area contributed by atoms with Crippen molar-refractivity contribution in [2.24, 2.45) is 11.7 Å². The number of amides is 3. The Labute approximate surface area is 201 Å². The van der Waals surface area contributed by atoms with E-state index in [0.29, 0.717) is 17.9 Å². The molecule has 190 valence electrons. The number of nitrogens with two attached hydrogens (primary N) is 1. The van der Waals surface area contributed by atoms with Crippen molar-refractivity contribution in [1.82, 2.24) is 25.9 Å². The van der Waals surface area contributed by atoms with Crippen LogP contribution >= 0.6 is 11.8 Å². The summed E-state index contributed by atoms with van der Waals surface area (Å²) < 4.78 is 0. The molecule has 0 bridgehead atoms. The smallest absolute Gasteiger partial charge is 0.326 e. The minimum Gasteiger partial charge on any atom is -0.481 e. The van der Waals surface area contributed by atoms with E-state index in [9.17, 15) is 29.1 Å². The van der Waals surface area contributed by atoms with Gasteiger partial charge in [-0.2, -0.15) is 11.8 Å². The van der Waals surface area contributed by atoms with Crippen LogP contribution in [-0.4, -0.2) is 86.0 Å². The van der Waals surface area contributed by atoms with E-state index in [1.165, 1.54) is 24.3 Å². The lowest BCUT2D eigenvalue weighted by Gasteiger charge is -2.26. The minimum absolute atomic E-state index is 0.0804. The Kier molecular flexibility index (Phi) is 12.1. The second kappa shape index (κ2) is 14.2. The van der Waals surface area contributed by atoms with Crippen LogP contribution in [0, 0.1) is 5.92 Å². The Hall–Kier alpha value is -3.13. The number of thioether (sulfide) groups is 1. The number of carbonyl (C=O) groups excluding carboxylic acids is 3. The third-order valence-corrected chi connectivity index (χ3v) is 5.47. The molecule has 1 aromatic rings. The zero-order chi connectivity index (χ0) is 25.8. The van der Waals surface area contributed by atoms with Crippen LogP contribution in [0.2, 0.25) is 0 Å². The second-order valence-corrected chi connectivity index (χ2v) is 8.94. The Morgan fingerprint density at radius 1 is 1.06 bits per heavy atom. The summed E-state index contributed by atoms with van der Waals surface area (Å²) in [5.41, 5.74) is 6.35. The number of hydrogen-bond donors (Lipinski definition) is 7. The highest BCUT2D eigenvalue weighted by Crippen LogP contribution is 2.07. The lowest BCUT2D eigenvalue weighted by Crippen LogP contribution is -2.59. The van der Waals surface area contributed by atoms with Crippen molar-refractivity contribution < 1.29 is 34.2 Å². The number of nitrogens with zero attached hydrogens (tertiary/aromatic N) is 1. The molecular formula is C20H32N6O7S. The van der Waals surface area contributed by atoms with Crippen LogP contribution in [0.1, 0.15) is 32.4 Å². The van der Waals surface area contributed by atoms with Crippen LogP contribution < -0.4 is 21.7 Å². The molecule has 1 rings (SSSR count). The first-order valence-corrected chi connectivity index (χ1v) is 11.9. The van der Waals surface area contributed by atoms with Gasteiger partial charge in [-0.15, -0.1) is 0 Å². The molecule has 0 saturated heterocycles. The third-order valence-electron chi connectivity index (χ3n) is 4.82. The van der Waals surface area contributed by atoms with E-state index in [1.807, 2.05) is 6.26 Å². The summed E-state index contributed by atoms with van der Waals surface area (Å²) in [5.74, 6) is -4.72. The molecule has 0 aliphatic heterocycles. The molecule has 1 aromatic heterocycles. The normalized spacial score (nSPS) is 14.5. The number of imidazole rings is 1. The van der Waals surface area contributed by atoms with Crippen molar-refractivity contribution in [3.05, 3.63) is 18.2 Å². The van der Waals surface area contributed by atoms with Gasteiger partial charge in [0.25, 0.3) is 0 Å². The maximum Gasteiger partial charge on any atom is 0.326 e. The molecule has 3 amide bonds. The topological polar surface area (TPSA) is 217 Å². The molecule has 13 nitrogen and oxygen atoms in total. The quantitative estimate of drug-likeness (QED) is 0.151. The van der Waals surface area contributed by atoms with Gasteiger partial charge in [0.15, 0.2) is 0 Å². The number of carboxylic acid groups (broad SMARTS) is 2. The van der Waals surface area contributed by atoms with Crippen LogP contribution in [0.15, 0.2) is 12.5 Å². The number of rotatable bonds is 15. The maximum atomic E-state index is 13.0. The van der Waals surface area contributed by atoms with Crippen molar-refractivity contribution in [3.8, 4) is 0 Å². The summed E-state index contributed by atoms with van der Waals surface area (Å²) in [5, 5.41) is 25.4. The molecule has 8 N–H and O–H groups in total. The fourth-order valence-corrected chi connectivity index (χ4v) is 3.39. The van der Waals surface area contributed by atoms with Gasteiger partial charge in [-0.3, -0.25) is 19.2 Å². The molecule has 0 aliphatic rings. The van der Waals surface area contributed by atoms with Crippen molar-refractivity contribution in [2.75, 3.05) is 12.0 Å². The molecule has 1 heterocycles. The van der Waals surface area contributed by atoms with E-state index in [1.54, 1.807) is 13.8 Å². The number of carboxylic acids is 2. The van der Waals surface area contributed by atoms with Gasteiger partial charge < -0.3 is 36.9 Å². The highest BCUT2D eigenvalue weighted by atomic mass is 32.2. The van der Waals surface area contributed by atoms with Gasteiger partial charge in [-0.25, -0.2) is 9.78 Å². The van der Waals surface area contributed by atoms with Gasteiger partial charge in [-0.1, -0.05) is 13.8 Å². The number of carbonyl (C=O) groups is 5. The van der Waals surface area contributed by atoms with Gasteiger partial charge >= 0.3 is 11.9 Å². The molecule has 0 aromatic carbocycles. The van der Waals surface area contributed by atoms with Gasteiger partial charge in [-0.05, 0) is 24.3 Å². The van der Waals surface area contributed by atoms with Crippen molar-refractivity contribution >= 4 is 41.4 Å². The summed E-state index contributed by atoms with van der Waals surface area (Å²) in [6.07, 6.45) is 4.16. The van der Waals surface area contributed by atoms with Gasteiger partial charge in [0.2, 0.25) is 17.7 Å². The summed E-state index contributed by atoms with van der Waals surface area (Å²) in [6.45, 7) is 3.41. The minimum atomic E-state index is -1.69. The number of aliphatic carboxylic acids is 2. The van der Waals surface area contributed by atoms with E-state index in [-0.39, 0.29) is 12.3 Å². The molecular weight excluding hydrogens is 468 g/mol. The largest absolute Gasteiger partial charge is 0.481 e. The highest BCUT2D eigenvalue weighted by Gasteiger charge is 2.32. The zero-order valence-electron chi connectivity index (χ0n) is 19.2. The fraction of sp³-hybridized carbons (Fsp3) is 0.600. The summed E-state index contributed by atoms with van der Waals surface area (Å²) in [7, 11) is 0. The average molecular weight is 501 g/mol. The fourth-order valence-electron chi connectivity index (χ4n) is 2.91. The van der Waals surface area contributed by atoms with E-state index in [0.717, 1.165) is 0 Å². The van der Waals surface area contributed by atoms with Gasteiger partial charge in [0.05, 0.1) is 18.8 Å². The Balaban J connectivity index is 3.01. The van der Waals surface area contributed by atoms with Crippen LogP contribution in [0.5, 0.6) is 0 Å². The molecule has 0 spiro atoms. The maximum absolute atomic E-state index is 13.0. The Morgan fingerprint density at radius 2 is 1.71 bits per heavy atom. The number of H-pyrrole nitrogens is 1. The predicted octanol–water partition coefficient (Wildman–Crippen LogP) is -1.30. The molecule has 14 heteroatoms. The Morgan fingerprint density at radius 3 is 2.21 bits per heavy atom. The van der Waals surface area contributed by atoms with Crippen molar-refractivity contribution in [3.63, 3.8) is 0 Å². The number of nitrogens with one attached hydrogen (secondary N) is 4. The zero-order valence-corrected chi connectivity index (χ0v) is 20.1. The van der Waals surface area contributed by atoms with E-state index in [4.69, 9.17) is 10.8 Å². The average Bonchev–Trinajstić information content (AvgIpc) is 3.26. The Bertz CT molecular complexity index is 848. The standard InChI is InChI=1S/C20H32N6O7S/c1-10(2)16(26-17(29)12(21)4-5-34-3)19(31)24-13(6-11-8-22-9-23-11)18(30)25-14(20(32)33)7-15(27)28/h8-10,12-14,16H,4-7,21H2,1-3H3,(H,22,23)(H,24,31)(H,25,30)(H,26,29)(H,27,28)(H,32,33). The molecule has 4 unspecified atom stereocenters. The number of hydrogen-bond acceptors (Lipinski definition) is 8. The summed E-state index contributed by atoms with van der Waals surface area (Å²) in [6, 6.07) is -4.79. The lowest BCUT2D eigenvalue weighted by molar-refractivity contribution is -0.147. The van der Waals surface area contributed by atoms with Gasteiger partial charge in [0, 0.05) is 18.3 Å². The van der Waals surface area contributed by atoms with E-state index >= 15 is 0 Å². The second-order valence-electron chi connectivity index (χ2n) is 7.96. The van der Waals surface area contributed by atoms with E-state index < -0.39 is 60.2 Å². The third kappa shape index (κ3) is 9.79. The molecule has 0 radical (unpaired) electrons. The first-order chi connectivity index (χ1) is 16.0. The molecule has 0 fully saturated rings. The molecule has 34 heavy (non-hydrogen) atoms. The van der Waals surface area contributed by atoms with Gasteiger partial charge in [0.1, 0.15) is 18.1 Å². The first-order valence-electron chi connectivity index (χ1n) is 10.5. The summed E-state index contributed by atoms with van der Waals surface area (Å²) >= 11 is 1.53. The SMILES string of the molecule is CSCCC(N)C(=O)NC(C(=O)NC(Cc1cnc[nH]1)C(=O)NC(CC(=O)O)C(=O)O)C(C)C. The van der Waals surface area contributed by atoms with E-state index in [2.05, 4.69) is 25.9 Å². The molecule has 0 aliphatic carbocycles. The van der Waals surface area contributed by atoms with Crippen LogP contribution in [0.4, 0.5) is 0 Å². The monoisotopic (exact) mass is 500 g/mol. The van der Waals surface area contributed by atoms with Crippen molar-refractivity contribution in [1.29, 1.82) is 0 Å². The van der Waals surface area contributed by atoms with Crippen LogP contribution in [-0.2, 0) is 30.4 Å².